The predicted octanol–water partition coefficient (Wildman–Crippen LogP) is 2.33. The number of carbonyl (C=O) groups excluding carboxylic acids is 1. The highest BCUT2D eigenvalue weighted by molar-refractivity contribution is 7.97. The first-order chi connectivity index (χ1) is 12.7. The summed E-state index contributed by atoms with van der Waals surface area (Å²) in [6.45, 7) is 5.61. The van der Waals surface area contributed by atoms with Gasteiger partial charge in [0.05, 0.1) is 18.0 Å². The summed E-state index contributed by atoms with van der Waals surface area (Å²) in [6, 6.07) is 6.14. The molecule has 26 heavy (non-hydrogen) atoms. The van der Waals surface area contributed by atoms with Gasteiger partial charge in [0, 0.05) is 48.6 Å². The van der Waals surface area contributed by atoms with E-state index in [2.05, 4.69) is 43.9 Å². The van der Waals surface area contributed by atoms with Crippen LogP contribution in [0.3, 0.4) is 0 Å². The first kappa shape index (κ1) is 17.7. The minimum Gasteiger partial charge on any atom is -0.302 e. The van der Waals surface area contributed by atoms with E-state index in [1.54, 1.807) is 0 Å². The van der Waals surface area contributed by atoms with Gasteiger partial charge in [0.2, 0.25) is 0 Å². The van der Waals surface area contributed by atoms with Gasteiger partial charge in [-0.15, -0.1) is 0 Å². The van der Waals surface area contributed by atoms with Crippen LogP contribution >= 0.6 is 11.9 Å². The van der Waals surface area contributed by atoms with Crippen molar-refractivity contribution >= 4 is 18.2 Å². The molecule has 2 aromatic heterocycles. The molecule has 1 saturated heterocycles. The number of rotatable bonds is 4. The number of nitrogens with one attached hydrogen (secondary N) is 2. The monoisotopic (exact) mass is 371 g/mol. The summed E-state index contributed by atoms with van der Waals surface area (Å²) < 4.78 is 3.54. The van der Waals surface area contributed by atoms with Crippen molar-refractivity contribution in [3.8, 4) is 0 Å². The van der Waals surface area contributed by atoms with Gasteiger partial charge in [-0.2, -0.15) is 5.10 Å². The van der Waals surface area contributed by atoms with Gasteiger partial charge in [-0.25, -0.2) is 0 Å². The number of nitrogens with zero attached hydrogens (tertiary/aromatic N) is 3. The van der Waals surface area contributed by atoms with Crippen LogP contribution in [0.1, 0.15) is 41.5 Å². The van der Waals surface area contributed by atoms with E-state index in [1.807, 2.05) is 30.4 Å². The third-order valence-electron chi connectivity index (χ3n) is 5.89. The lowest BCUT2D eigenvalue weighted by atomic mass is 9.66. The fraction of sp³-hybridized carbons (Fsp3) is 0.526. The number of piperidine rings is 1. The molecule has 4 rings (SSSR count). The summed E-state index contributed by atoms with van der Waals surface area (Å²) in [5, 5.41) is 7.81. The molecule has 6 nitrogen and oxygen atoms in total. The predicted molar refractivity (Wildman–Crippen MR) is 103 cm³/mol. The average molecular weight is 372 g/mol. The molecule has 2 aromatic rings. The third-order valence-corrected chi connectivity index (χ3v) is 7.29. The molecule has 0 amide bonds. The minimum absolute atomic E-state index is 0.0222. The Morgan fingerprint density at radius 2 is 2.38 bits per heavy atom. The summed E-state index contributed by atoms with van der Waals surface area (Å²) in [5.74, 6) is 0.262. The van der Waals surface area contributed by atoms with Crippen LogP contribution in [-0.4, -0.2) is 52.5 Å². The highest BCUT2D eigenvalue weighted by Crippen LogP contribution is 2.56. The van der Waals surface area contributed by atoms with Crippen LogP contribution in [0.15, 0.2) is 30.6 Å². The lowest BCUT2D eigenvalue weighted by Crippen LogP contribution is -2.47. The second-order valence-corrected chi connectivity index (χ2v) is 8.43. The van der Waals surface area contributed by atoms with Crippen molar-refractivity contribution < 1.29 is 4.79 Å². The number of hydrogen-bond acceptors (Lipinski definition) is 6. The largest absolute Gasteiger partial charge is 0.302 e. The zero-order valence-corrected chi connectivity index (χ0v) is 15.8. The Balaban J connectivity index is 1.73. The Hall–Kier alpha value is -1.70. The third kappa shape index (κ3) is 3.19. The number of carbonyl (C=O) groups is 1. The molecule has 2 N–H and O–H groups in total. The van der Waals surface area contributed by atoms with Crippen molar-refractivity contribution in [1.29, 1.82) is 0 Å². The maximum atomic E-state index is 11.1. The van der Waals surface area contributed by atoms with Crippen molar-refractivity contribution in [2.75, 3.05) is 26.2 Å². The Bertz CT molecular complexity index is 751. The quantitative estimate of drug-likeness (QED) is 0.635. The van der Waals surface area contributed by atoms with Gasteiger partial charge >= 0.3 is 0 Å². The molecule has 0 bridgehead atoms. The van der Waals surface area contributed by atoms with Crippen LogP contribution in [0.25, 0.3) is 0 Å². The van der Waals surface area contributed by atoms with Crippen LogP contribution in [0.5, 0.6) is 0 Å². The lowest BCUT2D eigenvalue weighted by Gasteiger charge is -2.49. The van der Waals surface area contributed by atoms with Crippen molar-refractivity contribution in [2.24, 2.45) is 5.41 Å². The zero-order chi connectivity index (χ0) is 18.0. The highest BCUT2D eigenvalue weighted by Gasteiger charge is 2.48. The zero-order valence-electron chi connectivity index (χ0n) is 15.0. The maximum Gasteiger partial charge on any atom is 0.133 e. The molecule has 4 heterocycles. The molecule has 2 aliphatic heterocycles. The van der Waals surface area contributed by atoms with Crippen LogP contribution in [0.4, 0.5) is 0 Å². The fourth-order valence-electron chi connectivity index (χ4n) is 4.35. The highest BCUT2D eigenvalue weighted by atomic mass is 32.2. The van der Waals surface area contributed by atoms with Gasteiger partial charge < -0.3 is 4.79 Å². The van der Waals surface area contributed by atoms with E-state index in [-0.39, 0.29) is 11.3 Å². The average Bonchev–Trinajstić information content (AvgIpc) is 3.03. The van der Waals surface area contributed by atoms with Gasteiger partial charge in [0.15, 0.2) is 0 Å². The topological polar surface area (TPSA) is 73.9 Å². The van der Waals surface area contributed by atoms with Crippen LogP contribution in [0.2, 0.25) is 0 Å². The molecule has 0 aliphatic carbocycles. The Labute approximate surface area is 158 Å². The normalized spacial score (nSPS) is 29.7. The lowest BCUT2D eigenvalue weighted by molar-refractivity contribution is -0.109. The number of aromatic amines is 1. The van der Waals surface area contributed by atoms with E-state index in [0.29, 0.717) is 11.8 Å². The molecule has 1 fully saturated rings. The number of aromatic nitrogens is 3. The van der Waals surface area contributed by atoms with Gasteiger partial charge in [-0.1, -0.05) is 24.9 Å². The van der Waals surface area contributed by atoms with Crippen molar-refractivity contribution in [1.82, 2.24) is 24.8 Å². The van der Waals surface area contributed by atoms with Gasteiger partial charge in [0.25, 0.3) is 0 Å². The molecule has 138 valence electrons. The van der Waals surface area contributed by atoms with Crippen LogP contribution in [-0.2, 0) is 11.2 Å². The van der Waals surface area contributed by atoms with Gasteiger partial charge in [0.1, 0.15) is 6.29 Å². The summed E-state index contributed by atoms with van der Waals surface area (Å²) in [5.41, 5.74) is 3.69. The SMILES string of the molecule is CC1(C2SNCCc3[nH]ncc32)CCN(CC=O)CC1c1ccccn1. The van der Waals surface area contributed by atoms with E-state index in [1.165, 1.54) is 11.3 Å². The molecular weight excluding hydrogens is 346 g/mol. The summed E-state index contributed by atoms with van der Waals surface area (Å²) >= 11 is 1.82. The fourth-order valence-corrected chi connectivity index (χ4v) is 5.62. The van der Waals surface area contributed by atoms with E-state index >= 15 is 0 Å². The van der Waals surface area contributed by atoms with Crippen LogP contribution in [0, 0.1) is 5.41 Å². The molecule has 0 aromatic carbocycles. The number of pyridine rings is 1. The molecule has 0 radical (unpaired) electrons. The van der Waals surface area contributed by atoms with Crippen LogP contribution < -0.4 is 4.72 Å². The van der Waals surface area contributed by atoms with Gasteiger partial charge in [-0.05, 0) is 30.5 Å². The smallest absolute Gasteiger partial charge is 0.133 e. The number of aldehydes is 1. The number of H-pyrrole nitrogens is 1. The molecule has 2 aliphatic rings. The van der Waals surface area contributed by atoms with Crippen molar-refractivity contribution in [2.45, 2.75) is 30.9 Å². The van der Waals surface area contributed by atoms with Crippen molar-refractivity contribution in [3.05, 3.63) is 47.5 Å². The number of fused-ring (bicyclic) bond motifs is 1. The first-order valence-electron chi connectivity index (χ1n) is 9.20. The first-order valence-corrected chi connectivity index (χ1v) is 10.1. The standard InChI is InChI=1S/C19H25N5OS/c1-19(18-14-12-21-23-16(14)5-8-22-26-18)6-9-24(10-11-25)13-15(19)17-4-2-3-7-20-17/h2-4,7,11-12,15,18,22H,5-6,8-10,13H2,1H3,(H,21,23). The molecule has 7 heteroatoms. The second kappa shape index (κ2) is 7.50. The molecule has 3 unspecified atom stereocenters. The van der Waals surface area contributed by atoms with E-state index < -0.39 is 0 Å². The van der Waals surface area contributed by atoms with E-state index in [4.69, 9.17) is 0 Å². The summed E-state index contributed by atoms with van der Waals surface area (Å²) in [6.07, 6.45) is 6.87. The van der Waals surface area contributed by atoms with E-state index in [9.17, 15) is 4.79 Å². The van der Waals surface area contributed by atoms with E-state index in [0.717, 1.165) is 44.5 Å². The molecule has 0 saturated carbocycles. The molecule has 3 atom stereocenters. The Morgan fingerprint density at radius 3 is 3.19 bits per heavy atom. The second-order valence-electron chi connectivity index (χ2n) is 7.44. The minimum atomic E-state index is 0.0222. The summed E-state index contributed by atoms with van der Waals surface area (Å²) in [7, 11) is 0. The molecular formula is C19H25N5OS. The summed E-state index contributed by atoms with van der Waals surface area (Å²) in [4.78, 5) is 18.0. The Morgan fingerprint density at radius 1 is 1.46 bits per heavy atom. The molecule has 0 spiro atoms. The van der Waals surface area contributed by atoms with Crippen molar-refractivity contribution in [3.63, 3.8) is 0 Å². The number of hydrogen-bond donors (Lipinski definition) is 2. The van der Waals surface area contributed by atoms with Gasteiger partial charge in [-0.3, -0.25) is 19.7 Å². The maximum absolute atomic E-state index is 11.1. The number of likely N-dealkylation sites (tertiary alicyclic amines) is 1. The Kier molecular flexibility index (Phi) is 5.11.